The number of nitrogens with zero attached hydrogens (tertiary/aromatic N) is 5. The maximum atomic E-state index is 13.1. The van der Waals surface area contributed by atoms with E-state index in [-0.39, 0.29) is 30.3 Å². The second kappa shape index (κ2) is 11.6. The largest absolute Gasteiger partial charge is 0.444 e. The molecule has 1 aliphatic heterocycles. The van der Waals surface area contributed by atoms with E-state index in [4.69, 9.17) is 4.74 Å². The van der Waals surface area contributed by atoms with Gasteiger partial charge < -0.3 is 14.2 Å². The zero-order valence-corrected chi connectivity index (χ0v) is 21.8. The molecule has 0 unspecified atom stereocenters. The summed E-state index contributed by atoms with van der Waals surface area (Å²) in [5.74, 6) is -0.0732. The summed E-state index contributed by atoms with van der Waals surface area (Å²) in [5.41, 5.74) is 1.54. The number of para-hydroxylation sites is 2. The van der Waals surface area contributed by atoms with Gasteiger partial charge in [0.2, 0.25) is 0 Å². The molecule has 0 spiro atoms. The molecule has 1 fully saturated rings. The number of fused-ring (bicyclic) bond motifs is 1. The van der Waals surface area contributed by atoms with Crippen LogP contribution < -0.4 is 5.56 Å². The van der Waals surface area contributed by atoms with Crippen LogP contribution in [0.3, 0.4) is 0 Å². The van der Waals surface area contributed by atoms with Crippen LogP contribution in [0.15, 0.2) is 59.7 Å². The van der Waals surface area contributed by atoms with Gasteiger partial charge in [0.1, 0.15) is 5.60 Å². The van der Waals surface area contributed by atoms with Gasteiger partial charge in [0.15, 0.2) is 5.78 Å². The number of pyridine rings is 1. The van der Waals surface area contributed by atoms with Crippen molar-refractivity contribution in [1.82, 2.24) is 24.3 Å². The second-order valence-corrected chi connectivity index (χ2v) is 10.5. The molecule has 4 rings (SSSR count). The van der Waals surface area contributed by atoms with Gasteiger partial charge in [-0.15, -0.1) is 0 Å². The molecule has 0 N–H and O–H groups in total. The van der Waals surface area contributed by atoms with E-state index in [1.54, 1.807) is 15.7 Å². The quantitative estimate of drug-likeness (QED) is 0.463. The van der Waals surface area contributed by atoms with Crippen molar-refractivity contribution in [1.29, 1.82) is 0 Å². The number of ketones is 1. The summed E-state index contributed by atoms with van der Waals surface area (Å²) >= 11 is 0. The Kier molecular flexibility index (Phi) is 8.33. The normalized spacial score (nSPS) is 15.0. The summed E-state index contributed by atoms with van der Waals surface area (Å²) in [6, 6.07) is 13.0. The van der Waals surface area contributed by atoms with Gasteiger partial charge in [0, 0.05) is 44.1 Å². The van der Waals surface area contributed by atoms with Crippen LogP contribution in [0.5, 0.6) is 0 Å². The topological polar surface area (TPSA) is 97.6 Å². The van der Waals surface area contributed by atoms with E-state index in [2.05, 4.69) is 14.9 Å². The average Bonchev–Trinajstić information content (AvgIpc) is 2.87. The minimum absolute atomic E-state index is 0.00540. The molecule has 2 aromatic heterocycles. The highest BCUT2D eigenvalue weighted by molar-refractivity contribution is 5.85. The highest BCUT2D eigenvalue weighted by Crippen LogP contribution is 2.20. The van der Waals surface area contributed by atoms with Crippen molar-refractivity contribution in [3.8, 4) is 0 Å². The van der Waals surface area contributed by atoms with Crippen LogP contribution in [0.2, 0.25) is 0 Å². The summed E-state index contributed by atoms with van der Waals surface area (Å²) in [4.78, 5) is 50.7. The van der Waals surface area contributed by atoms with Crippen LogP contribution in [0.1, 0.15) is 39.3 Å². The van der Waals surface area contributed by atoms with E-state index in [9.17, 15) is 14.4 Å². The summed E-state index contributed by atoms with van der Waals surface area (Å²) in [5, 5.41) is 0. The Hall–Kier alpha value is -3.59. The average molecular weight is 506 g/mol. The SMILES string of the molecule is CC(C)(C)OC(=O)N(CC(=O)Cc1ccccn1)C1CCN(CCn2c(=O)cnc3ccccc32)CC1. The van der Waals surface area contributed by atoms with Crippen molar-refractivity contribution < 1.29 is 14.3 Å². The van der Waals surface area contributed by atoms with Gasteiger partial charge in [0.25, 0.3) is 5.56 Å². The van der Waals surface area contributed by atoms with Gasteiger partial charge in [-0.05, 0) is 57.9 Å². The van der Waals surface area contributed by atoms with Crippen molar-refractivity contribution in [2.24, 2.45) is 0 Å². The van der Waals surface area contributed by atoms with Crippen LogP contribution >= 0.6 is 0 Å². The summed E-state index contributed by atoms with van der Waals surface area (Å²) in [7, 11) is 0. The number of piperidine rings is 1. The molecule has 0 atom stereocenters. The molecule has 1 amide bonds. The van der Waals surface area contributed by atoms with Crippen LogP contribution in [0.4, 0.5) is 4.79 Å². The minimum Gasteiger partial charge on any atom is -0.444 e. The van der Waals surface area contributed by atoms with Gasteiger partial charge in [-0.3, -0.25) is 19.5 Å². The molecule has 0 bridgehead atoms. The van der Waals surface area contributed by atoms with E-state index < -0.39 is 11.7 Å². The van der Waals surface area contributed by atoms with E-state index in [1.807, 2.05) is 63.2 Å². The van der Waals surface area contributed by atoms with Gasteiger partial charge in [-0.1, -0.05) is 18.2 Å². The molecule has 0 saturated carbocycles. The number of likely N-dealkylation sites (tertiary alicyclic amines) is 1. The highest BCUT2D eigenvalue weighted by Gasteiger charge is 2.32. The first-order valence-electron chi connectivity index (χ1n) is 12.8. The summed E-state index contributed by atoms with van der Waals surface area (Å²) < 4.78 is 7.41. The van der Waals surface area contributed by atoms with Crippen molar-refractivity contribution in [2.75, 3.05) is 26.2 Å². The zero-order chi connectivity index (χ0) is 26.4. The lowest BCUT2D eigenvalue weighted by Gasteiger charge is -2.38. The first-order valence-corrected chi connectivity index (χ1v) is 12.8. The number of hydrogen-bond acceptors (Lipinski definition) is 7. The first-order chi connectivity index (χ1) is 17.7. The lowest BCUT2D eigenvalue weighted by Crippen LogP contribution is -2.51. The molecule has 1 aromatic carbocycles. The Morgan fingerprint density at radius 2 is 1.76 bits per heavy atom. The fraction of sp³-hybridized carbons (Fsp3) is 0.464. The van der Waals surface area contributed by atoms with Crippen LogP contribution in [0.25, 0.3) is 11.0 Å². The molecule has 9 heteroatoms. The van der Waals surface area contributed by atoms with E-state index in [0.29, 0.717) is 18.8 Å². The zero-order valence-electron chi connectivity index (χ0n) is 21.8. The Bertz CT molecular complexity index is 1280. The number of ether oxygens (including phenoxy) is 1. The van der Waals surface area contributed by atoms with Crippen molar-refractivity contribution in [2.45, 2.75) is 58.2 Å². The number of amides is 1. The summed E-state index contributed by atoms with van der Waals surface area (Å²) in [6.45, 7) is 8.27. The number of carbonyl (C=O) groups excluding carboxylic acids is 2. The maximum Gasteiger partial charge on any atom is 0.410 e. The molecular formula is C28H35N5O4. The second-order valence-electron chi connectivity index (χ2n) is 10.5. The molecule has 1 saturated heterocycles. The van der Waals surface area contributed by atoms with E-state index in [1.165, 1.54) is 6.20 Å². The number of carbonyl (C=O) groups is 2. The van der Waals surface area contributed by atoms with Crippen LogP contribution in [0, 0.1) is 0 Å². The Morgan fingerprint density at radius 3 is 2.46 bits per heavy atom. The number of benzene rings is 1. The molecule has 37 heavy (non-hydrogen) atoms. The van der Waals surface area contributed by atoms with Gasteiger partial charge in [-0.25, -0.2) is 9.78 Å². The number of Topliss-reactive ketones (excluding diaryl/α,β-unsaturated/α-hetero) is 1. The Morgan fingerprint density at radius 1 is 1.03 bits per heavy atom. The molecule has 1 aliphatic rings. The number of rotatable bonds is 8. The first kappa shape index (κ1) is 26.5. The molecule has 0 aliphatic carbocycles. The maximum absolute atomic E-state index is 13.1. The lowest BCUT2D eigenvalue weighted by molar-refractivity contribution is -0.120. The third-order valence-electron chi connectivity index (χ3n) is 6.47. The van der Waals surface area contributed by atoms with Gasteiger partial charge in [-0.2, -0.15) is 0 Å². The highest BCUT2D eigenvalue weighted by atomic mass is 16.6. The molecule has 3 aromatic rings. The smallest absolute Gasteiger partial charge is 0.410 e. The molecule has 196 valence electrons. The van der Waals surface area contributed by atoms with Gasteiger partial charge >= 0.3 is 6.09 Å². The Labute approximate surface area is 217 Å². The lowest BCUT2D eigenvalue weighted by atomic mass is 10.0. The Balaban J connectivity index is 1.38. The van der Waals surface area contributed by atoms with Crippen LogP contribution in [-0.2, 0) is 22.5 Å². The summed E-state index contributed by atoms with van der Waals surface area (Å²) in [6.07, 6.45) is 4.19. The fourth-order valence-electron chi connectivity index (χ4n) is 4.66. The predicted octanol–water partition coefficient (Wildman–Crippen LogP) is 3.30. The number of aromatic nitrogens is 3. The van der Waals surface area contributed by atoms with Crippen molar-refractivity contribution >= 4 is 22.9 Å². The minimum atomic E-state index is -0.652. The van der Waals surface area contributed by atoms with E-state index >= 15 is 0 Å². The standard InChI is InChI=1S/C28H35N5O4/c1-28(2,3)37-27(36)33(20-23(34)18-21-8-6-7-13-29-21)22-11-14-31(15-12-22)16-17-32-25-10-5-4-9-24(25)30-19-26(32)35/h4-10,13,19,22H,11-12,14-18,20H2,1-3H3. The van der Waals surface area contributed by atoms with Gasteiger partial charge in [0.05, 0.1) is 30.2 Å². The number of hydrogen-bond donors (Lipinski definition) is 0. The monoisotopic (exact) mass is 505 g/mol. The third-order valence-corrected chi connectivity index (χ3v) is 6.47. The molecule has 3 heterocycles. The fourth-order valence-corrected chi connectivity index (χ4v) is 4.66. The molecular weight excluding hydrogens is 470 g/mol. The van der Waals surface area contributed by atoms with Crippen LogP contribution in [-0.4, -0.2) is 74.0 Å². The van der Waals surface area contributed by atoms with E-state index in [0.717, 1.165) is 37.0 Å². The third kappa shape index (κ3) is 7.22. The molecule has 9 nitrogen and oxygen atoms in total. The van der Waals surface area contributed by atoms with Crippen molar-refractivity contribution in [3.05, 3.63) is 70.9 Å². The molecule has 0 radical (unpaired) electrons. The predicted molar refractivity (Wildman–Crippen MR) is 141 cm³/mol. The van der Waals surface area contributed by atoms with Crippen molar-refractivity contribution in [3.63, 3.8) is 0 Å².